The molecule has 2 atom stereocenters. The Balaban J connectivity index is 1.71. The highest BCUT2D eigenvalue weighted by Crippen LogP contribution is 2.45. The maximum atomic E-state index is 12.9. The Hall–Kier alpha value is -1.94. The van der Waals surface area contributed by atoms with Crippen molar-refractivity contribution < 1.29 is 14.3 Å². The van der Waals surface area contributed by atoms with Crippen molar-refractivity contribution in [3.05, 3.63) is 58.1 Å². The molecule has 0 amide bonds. The molecular formula is C22H21BrO3. The lowest BCUT2D eigenvalue weighted by Gasteiger charge is -2.27. The molecule has 0 heterocycles. The van der Waals surface area contributed by atoms with Gasteiger partial charge in [0.1, 0.15) is 17.4 Å². The lowest BCUT2D eigenvalue weighted by atomic mass is 9.74. The molecule has 2 aromatic rings. The van der Waals surface area contributed by atoms with Crippen molar-refractivity contribution in [1.82, 2.24) is 0 Å². The van der Waals surface area contributed by atoms with E-state index in [9.17, 15) is 9.59 Å². The molecule has 2 saturated carbocycles. The number of fused-ring (bicyclic) bond motifs is 2. The number of hydrogen-bond donors (Lipinski definition) is 0. The molecule has 4 rings (SSSR count). The maximum Gasteiger partial charge on any atom is 0.150 e. The lowest BCUT2D eigenvalue weighted by molar-refractivity contribution is -0.135. The number of Topliss-reactive ketones (excluding diaryl/α,β-unsaturated/α-hetero) is 2. The third-order valence-electron chi connectivity index (χ3n) is 5.65. The first-order valence-corrected chi connectivity index (χ1v) is 9.99. The monoisotopic (exact) mass is 412 g/mol. The van der Waals surface area contributed by atoms with Crippen LogP contribution in [0.3, 0.4) is 0 Å². The Kier molecular flexibility index (Phi) is 4.70. The molecule has 0 saturated heterocycles. The third-order valence-corrected chi connectivity index (χ3v) is 6.14. The normalized spacial score (nSPS) is 24.8. The number of ether oxygens (including phenoxy) is 1. The van der Waals surface area contributed by atoms with Crippen LogP contribution in [0.1, 0.15) is 43.2 Å². The van der Waals surface area contributed by atoms with Crippen LogP contribution in [-0.4, -0.2) is 11.6 Å². The summed E-state index contributed by atoms with van der Waals surface area (Å²) in [5.74, 6) is 1.10. The number of hydrogen-bond acceptors (Lipinski definition) is 3. The van der Waals surface area contributed by atoms with E-state index in [1.54, 1.807) is 0 Å². The molecular weight excluding hydrogens is 392 g/mol. The summed E-state index contributed by atoms with van der Waals surface area (Å²) in [6.07, 6.45) is 3.27. The van der Waals surface area contributed by atoms with Crippen molar-refractivity contribution in [1.29, 1.82) is 0 Å². The molecule has 0 N–H and O–H groups in total. The first kappa shape index (κ1) is 17.5. The second kappa shape index (κ2) is 6.99. The van der Waals surface area contributed by atoms with Crippen LogP contribution in [-0.2, 0) is 16.0 Å². The summed E-state index contributed by atoms with van der Waals surface area (Å²) in [6, 6.07) is 13.4. The van der Waals surface area contributed by atoms with Crippen molar-refractivity contribution in [2.45, 2.75) is 38.5 Å². The molecule has 2 aromatic carbocycles. The molecule has 134 valence electrons. The van der Waals surface area contributed by atoms with Gasteiger partial charge in [-0.15, -0.1) is 0 Å². The highest BCUT2D eigenvalue weighted by Gasteiger charge is 2.47. The van der Waals surface area contributed by atoms with Gasteiger partial charge in [0, 0.05) is 16.3 Å². The van der Waals surface area contributed by atoms with E-state index in [-0.39, 0.29) is 23.4 Å². The highest BCUT2D eigenvalue weighted by molar-refractivity contribution is 9.10. The molecule has 2 fully saturated rings. The zero-order chi connectivity index (χ0) is 18.3. The average molecular weight is 413 g/mol. The molecule has 2 bridgehead atoms. The van der Waals surface area contributed by atoms with E-state index in [0.29, 0.717) is 5.75 Å². The van der Waals surface area contributed by atoms with Gasteiger partial charge in [-0.2, -0.15) is 0 Å². The van der Waals surface area contributed by atoms with Gasteiger partial charge < -0.3 is 4.74 Å². The standard InChI is InChI=1S/C22H21BrO3/c1-2-13-8-9-18(26-17-5-3-4-16(23)11-17)12-19(13)20-21(24)14-6-7-15(10-14)22(20)25/h3-5,8-9,11-12,14-15,20H,2,6-7,10H2,1H3. The average Bonchev–Trinajstić information content (AvgIpc) is 3.08. The smallest absolute Gasteiger partial charge is 0.150 e. The number of carbonyl (C=O) groups excluding carboxylic acids is 2. The second-order valence-electron chi connectivity index (χ2n) is 7.22. The Bertz CT molecular complexity index is 851. The van der Waals surface area contributed by atoms with Crippen LogP contribution in [0.5, 0.6) is 11.5 Å². The first-order chi connectivity index (χ1) is 12.6. The van der Waals surface area contributed by atoms with Crippen LogP contribution in [0.15, 0.2) is 46.9 Å². The Morgan fingerprint density at radius 3 is 2.35 bits per heavy atom. The molecule has 0 aliphatic heterocycles. The maximum absolute atomic E-state index is 12.9. The predicted molar refractivity (Wildman–Crippen MR) is 104 cm³/mol. The van der Waals surface area contributed by atoms with Gasteiger partial charge in [0.2, 0.25) is 0 Å². The Labute approximate surface area is 161 Å². The Morgan fingerprint density at radius 1 is 1.00 bits per heavy atom. The highest BCUT2D eigenvalue weighted by atomic mass is 79.9. The van der Waals surface area contributed by atoms with E-state index in [0.717, 1.165) is 47.0 Å². The molecule has 26 heavy (non-hydrogen) atoms. The largest absolute Gasteiger partial charge is 0.457 e. The number of benzene rings is 2. The van der Waals surface area contributed by atoms with Crippen molar-refractivity contribution in [2.24, 2.45) is 11.8 Å². The molecule has 0 spiro atoms. The van der Waals surface area contributed by atoms with E-state index in [4.69, 9.17) is 4.74 Å². The summed E-state index contributed by atoms with van der Waals surface area (Å²) in [5.41, 5.74) is 1.89. The molecule has 2 aliphatic rings. The van der Waals surface area contributed by atoms with Gasteiger partial charge in [0.25, 0.3) is 0 Å². The van der Waals surface area contributed by atoms with E-state index >= 15 is 0 Å². The van der Waals surface area contributed by atoms with Crippen LogP contribution >= 0.6 is 15.9 Å². The van der Waals surface area contributed by atoms with Gasteiger partial charge in [-0.25, -0.2) is 0 Å². The predicted octanol–water partition coefficient (Wildman–Crippen LogP) is 5.46. The molecule has 0 aromatic heterocycles. The van der Waals surface area contributed by atoms with Gasteiger partial charge in [0.05, 0.1) is 0 Å². The molecule has 4 heteroatoms. The number of halogens is 1. The minimum atomic E-state index is -0.609. The fraction of sp³-hybridized carbons (Fsp3) is 0.364. The number of rotatable bonds is 4. The van der Waals surface area contributed by atoms with E-state index in [2.05, 4.69) is 22.9 Å². The van der Waals surface area contributed by atoms with E-state index < -0.39 is 5.92 Å². The number of carbonyl (C=O) groups is 2. The van der Waals surface area contributed by atoms with Gasteiger partial charge in [-0.3, -0.25) is 9.59 Å². The number of ketones is 2. The van der Waals surface area contributed by atoms with Gasteiger partial charge >= 0.3 is 0 Å². The molecule has 3 nitrogen and oxygen atoms in total. The van der Waals surface area contributed by atoms with Crippen molar-refractivity contribution in [3.8, 4) is 11.5 Å². The van der Waals surface area contributed by atoms with Crippen molar-refractivity contribution in [2.75, 3.05) is 0 Å². The Morgan fingerprint density at radius 2 is 1.69 bits per heavy atom. The van der Waals surface area contributed by atoms with Crippen LogP contribution in [0.2, 0.25) is 0 Å². The van der Waals surface area contributed by atoms with Gasteiger partial charge in [-0.1, -0.05) is 35.0 Å². The lowest BCUT2D eigenvalue weighted by Crippen LogP contribution is -2.35. The van der Waals surface area contributed by atoms with Gasteiger partial charge in [0.15, 0.2) is 11.6 Å². The van der Waals surface area contributed by atoms with Crippen LogP contribution < -0.4 is 4.74 Å². The van der Waals surface area contributed by atoms with E-state index in [1.165, 1.54) is 0 Å². The van der Waals surface area contributed by atoms with E-state index in [1.807, 2.05) is 42.5 Å². The minimum Gasteiger partial charge on any atom is -0.457 e. The molecule has 2 unspecified atom stereocenters. The zero-order valence-electron chi connectivity index (χ0n) is 14.7. The summed E-state index contributed by atoms with van der Waals surface area (Å²) in [7, 11) is 0. The third kappa shape index (κ3) is 3.11. The van der Waals surface area contributed by atoms with Crippen LogP contribution in [0, 0.1) is 11.8 Å². The SMILES string of the molecule is CCc1ccc(Oc2cccc(Br)c2)cc1C1C(=O)C2CCC(C2)C1=O. The summed E-state index contributed by atoms with van der Waals surface area (Å²) < 4.78 is 6.92. The zero-order valence-corrected chi connectivity index (χ0v) is 16.3. The van der Waals surface area contributed by atoms with Gasteiger partial charge in [-0.05, 0) is 67.1 Å². The van der Waals surface area contributed by atoms with Crippen LogP contribution in [0.25, 0.3) is 0 Å². The second-order valence-corrected chi connectivity index (χ2v) is 8.13. The molecule has 0 radical (unpaired) electrons. The van der Waals surface area contributed by atoms with Crippen molar-refractivity contribution in [3.63, 3.8) is 0 Å². The summed E-state index contributed by atoms with van der Waals surface area (Å²) in [5, 5.41) is 0. The first-order valence-electron chi connectivity index (χ1n) is 9.20. The van der Waals surface area contributed by atoms with Crippen molar-refractivity contribution >= 4 is 27.5 Å². The van der Waals surface area contributed by atoms with Crippen LogP contribution in [0.4, 0.5) is 0 Å². The summed E-state index contributed by atoms with van der Waals surface area (Å²) in [6.45, 7) is 2.06. The topological polar surface area (TPSA) is 43.4 Å². The fourth-order valence-electron chi connectivity index (χ4n) is 4.31. The molecule has 2 aliphatic carbocycles. The minimum absolute atomic E-state index is 0.0575. The summed E-state index contributed by atoms with van der Waals surface area (Å²) >= 11 is 3.44. The quantitative estimate of drug-likeness (QED) is 0.626. The fourth-order valence-corrected chi connectivity index (χ4v) is 4.69. The number of aryl methyl sites for hydroxylation is 1. The summed E-state index contributed by atoms with van der Waals surface area (Å²) in [4.78, 5) is 25.8.